The van der Waals surface area contributed by atoms with Crippen LogP contribution in [0, 0.1) is 13.8 Å². The van der Waals surface area contributed by atoms with Crippen molar-refractivity contribution in [1.29, 1.82) is 0 Å². The van der Waals surface area contributed by atoms with Crippen LogP contribution in [0.15, 0.2) is 24.4 Å². The number of aryl methyl sites for hydroxylation is 4. The highest BCUT2D eigenvalue weighted by molar-refractivity contribution is 5.94. The van der Waals surface area contributed by atoms with Gasteiger partial charge in [0.2, 0.25) is 0 Å². The molecular formula is C16H20N6O. The van der Waals surface area contributed by atoms with E-state index in [1.807, 2.05) is 48.5 Å². The maximum Gasteiger partial charge on any atom is 0.269 e. The average molecular weight is 312 g/mol. The van der Waals surface area contributed by atoms with Gasteiger partial charge >= 0.3 is 0 Å². The van der Waals surface area contributed by atoms with Crippen molar-refractivity contribution in [1.82, 2.24) is 29.6 Å². The molecule has 0 bridgehead atoms. The molecule has 0 atom stereocenters. The number of carbonyl (C=O) groups excluding carboxylic acids is 1. The van der Waals surface area contributed by atoms with Crippen molar-refractivity contribution in [2.45, 2.75) is 26.8 Å². The highest BCUT2D eigenvalue weighted by Crippen LogP contribution is 2.12. The summed E-state index contributed by atoms with van der Waals surface area (Å²) in [4.78, 5) is 20.9. The first-order chi connectivity index (χ1) is 11.0. The number of nitrogens with one attached hydrogen (secondary N) is 1. The lowest BCUT2D eigenvalue weighted by Gasteiger charge is -2.06. The number of hydrogen-bond acceptors (Lipinski definition) is 4. The van der Waals surface area contributed by atoms with E-state index in [-0.39, 0.29) is 5.91 Å². The lowest BCUT2D eigenvalue weighted by Crippen LogP contribution is -2.26. The van der Waals surface area contributed by atoms with Crippen molar-refractivity contribution in [2.75, 3.05) is 6.54 Å². The largest absolute Gasteiger partial charge is 0.351 e. The minimum atomic E-state index is -0.153. The molecule has 23 heavy (non-hydrogen) atoms. The second-order valence-corrected chi connectivity index (χ2v) is 5.57. The summed E-state index contributed by atoms with van der Waals surface area (Å²) in [6.45, 7) is 5.11. The van der Waals surface area contributed by atoms with E-state index in [0.29, 0.717) is 12.2 Å². The van der Waals surface area contributed by atoms with Crippen LogP contribution in [0.2, 0.25) is 0 Å². The fourth-order valence-corrected chi connectivity index (χ4v) is 2.56. The molecule has 0 fully saturated rings. The smallest absolute Gasteiger partial charge is 0.269 e. The summed E-state index contributed by atoms with van der Waals surface area (Å²) in [7, 11) is 1.92. The summed E-state index contributed by atoms with van der Waals surface area (Å²) < 4.78 is 3.76. The first kappa shape index (κ1) is 15.2. The molecule has 0 spiro atoms. The zero-order valence-corrected chi connectivity index (χ0v) is 13.6. The molecule has 0 saturated heterocycles. The van der Waals surface area contributed by atoms with Gasteiger partial charge in [-0.3, -0.25) is 9.48 Å². The van der Waals surface area contributed by atoms with Crippen LogP contribution in [0.3, 0.4) is 0 Å². The van der Waals surface area contributed by atoms with Gasteiger partial charge in [-0.15, -0.1) is 0 Å². The minimum Gasteiger partial charge on any atom is -0.351 e. The molecule has 0 unspecified atom stereocenters. The van der Waals surface area contributed by atoms with Gasteiger partial charge in [0.05, 0.1) is 0 Å². The van der Waals surface area contributed by atoms with Gasteiger partial charge < -0.3 is 9.88 Å². The molecule has 3 rings (SSSR count). The molecule has 7 nitrogen and oxygen atoms in total. The number of aromatic nitrogens is 5. The van der Waals surface area contributed by atoms with Crippen molar-refractivity contribution >= 4 is 16.9 Å². The number of carbonyl (C=O) groups is 1. The molecule has 3 aromatic heterocycles. The lowest BCUT2D eigenvalue weighted by molar-refractivity contribution is 0.0948. The van der Waals surface area contributed by atoms with Crippen molar-refractivity contribution in [3.63, 3.8) is 0 Å². The van der Waals surface area contributed by atoms with Crippen molar-refractivity contribution in [3.8, 4) is 0 Å². The Morgan fingerprint density at radius 3 is 2.78 bits per heavy atom. The van der Waals surface area contributed by atoms with Crippen molar-refractivity contribution in [2.24, 2.45) is 7.05 Å². The van der Waals surface area contributed by atoms with E-state index < -0.39 is 0 Å². The van der Waals surface area contributed by atoms with E-state index in [1.165, 1.54) is 0 Å². The Morgan fingerprint density at radius 1 is 1.22 bits per heavy atom. The van der Waals surface area contributed by atoms with Gasteiger partial charge in [0, 0.05) is 31.7 Å². The average Bonchev–Trinajstić information content (AvgIpc) is 3.05. The number of pyridine rings is 1. The molecule has 0 aliphatic carbocycles. The van der Waals surface area contributed by atoms with Gasteiger partial charge in [0.1, 0.15) is 23.0 Å². The van der Waals surface area contributed by atoms with Crippen LogP contribution in [0.4, 0.5) is 0 Å². The third kappa shape index (κ3) is 3.23. The highest BCUT2D eigenvalue weighted by atomic mass is 16.1. The summed E-state index contributed by atoms with van der Waals surface area (Å²) in [5.74, 6) is 1.51. The Bertz CT molecular complexity index is 847. The standard InChI is InChI=1S/C16H20N6O/c1-11-18-12(2)22(20-11)9-4-8-17-16(23)14-6-5-13-7-10-21(3)15(13)19-14/h5-7,10H,4,8-9H2,1-3H3,(H,17,23). The zero-order chi connectivity index (χ0) is 16.4. The van der Waals surface area contributed by atoms with E-state index in [2.05, 4.69) is 20.4 Å². The monoisotopic (exact) mass is 312 g/mol. The first-order valence-electron chi connectivity index (χ1n) is 7.63. The van der Waals surface area contributed by atoms with Gasteiger partial charge in [-0.2, -0.15) is 5.10 Å². The Balaban J connectivity index is 1.56. The van der Waals surface area contributed by atoms with E-state index in [4.69, 9.17) is 0 Å². The molecule has 3 aromatic rings. The zero-order valence-electron chi connectivity index (χ0n) is 13.6. The minimum absolute atomic E-state index is 0.153. The normalized spacial score (nSPS) is 11.1. The number of rotatable bonds is 5. The van der Waals surface area contributed by atoms with Crippen LogP contribution in [0.25, 0.3) is 11.0 Å². The van der Waals surface area contributed by atoms with Crippen molar-refractivity contribution < 1.29 is 4.79 Å². The molecule has 0 radical (unpaired) electrons. The second-order valence-electron chi connectivity index (χ2n) is 5.57. The topological polar surface area (TPSA) is 77.6 Å². The van der Waals surface area contributed by atoms with Crippen LogP contribution in [-0.2, 0) is 13.6 Å². The van der Waals surface area contributed by atoms with Crippen LogP contribution in [0.1, 0.15) is 28.6 Å². The predicted molar refractivity (Wildman–Crippen MR) is 87.2 cm³/mol. The Morgan fingerprint density at radius 2 is 2.04 bits per heavy atom. The van der Waals surface area contributed by atoms with Gasteiger partial charge in [-0.05, 0) is 38.5 Å². The maximum atomic E-state index is 12.2. The van der Waals surface area contributed by atoms with Crippen LogP contribution in [-0.4, -0.2) is 36.8 Å². The Kier molecular flexibility index (Phi) is 4.10. The Hall–Kier alpha value is -2.70. The summed E-state index contributed by atoms with van der Waals surface area (Å²) in [5.41, 5.74) is 1.25. The summed E-state index contributed by atoms with van der Waals surface area (Å²) in [6.07, 6.45) is 2.73. The summed E-state index contributed by atoms with van der Waals surface area (Å²) >= 11 is 0. The molecule has 0 aliphatic heterocycles. The van der Waals surface area contributed by atoms with E-state index >= 15 is 0 Å². The fraction of sp³-hybridized carbons (Fsp3) is 0.375. The number of hydrogen-bond donors (Lipinski definition) is 1. The molecule has 0 aromatic carbocycles. The number of amides is 1. The molecule has 7 heteroatoms. The lowest BCUT2D eigenvalue weighted by atomic mass is 10.3. The number of nitrogens with zero attached hydrogens (tertiary/aromatic N) is 5. The SMILES string of the molecule is Cc1nc(C)n(CCCNC(=O)c2ccc3ccn(C)c3n2)n1. The molecule has 120 valence electrons. The third-order valence-electron chi connectivity index (χ3n) is 3.74. The predicted octanol–water partition coefficient (Wildman–Crippen LogP) is 1.60. The van der Waals surface area contributed by atoms with Crippen molar-refractivity contribution in [3.05, 3.63) is 41.7 Å². The maximum absolute atomic E-state index is 12.2. The highest BCUT2D eigenvalue weighted by Gasteiger charge is 2.09. The van der Waals surface area contributed by atoms with Gasteiger partial charge in [0.25, 0.3) is 5.91 Å². The van der Waals surface area contributed by atoms with Crippen LogP contribution in [0.5, 0.6) is 0 Å². The molecule has 1 amide bonds. The van der Waals surface area contributed by atoms with E-state index in [1.54, 1.807) is 6.07 Å². The van der Waals surface area contributed by atoms with Crippen LogP contribution < -0.4 is 5.32 Å². The van der Waals surface area contributed by atoms with Crippen LogP contribution >= 0.6 is 0 Å². The quantitative estimate of drug-likeness (QED) is 0.726. The molecule has 0 saturated carbocycles. The van der Waals surface area contributed by atoms with E-state index in [0.717, 1.165) is 35.6 Å². The third-order valence-corrected chi connectivity index (χ3v) is 3.74. The fourth-order valence-electron chi connectivity index (χ4n) is 2.56. The summed E-state index contributed by atoms with van der Waals surface area (Å²) in [6, 6.07) is 5.65. The Labute approximate surface area is 134 Å². The number of fused-ring (bicyclic) bond motifs is 1. The molecular weight excluding hydrogens is 292 g/mol. The van der Waals surface area contributed by atoms with E-state index in [9.17, 15) is 4.79 Å². The molecule has 1 N–H and O–H groups in total. The first-order valence-corrected chi connectivity index (χ1v) is 7.63. The van der Waals surface area contributed by atoms with Gasteiger partial charge in [-0.25, -0.2) is 9.97 Å². The second kappa shape index (κ2) is 6.20. The molecule has 3 heterocycles. The van der Waals surface area contributed by atoms with Gasteiger partial charge in [-0.1, -0.05) is 0 Å². The van der Waals surface area contributed by atoms with Gasteiger partial charge in [0.15, 0.2) is 0 Å². The molecule has 0 aliphatic rings. The summed E-state index contributed by atoms with van der Waals surface area (Å²) in [5, 5.41) is 8.23.